The van der Waals surface area contributed by atoms with Crippen LogP contribution >= 0.6 is 27.7 Å². The molecule has 0 aliphatic rings. The van der Waals surface area contributed by atoms with Gasteiger partial charge in [-0.25, -0.2) is 4.98 Å². The lowest BCUT2D eigenvalue weighted by Gasteiger charge is -1.96. The molecule has 0 bridgehead atoms. The summed E-state index contributed by atoms with van der Waals surface area (Å²) in [6, 6.07) is 5.84. The van der Waals surface area contributed by atoms with Gasteiger partial charge < -0.3 is 9.72 Å². The highest BCUT2D eigenvalue weighted by Gasteiger charge is 2.03. The summed E-state index contributed by atoms with van der Waals surface area (Å²) in [7, 11) is 1.66. The molecule has 2 aromatic rings. The molecular formula is C10H11BrN2OS. The van der Waals surface area contributed by atoms with E-state index in [4.69, 9.17) is 4.74 Å². The van der Waals surface area contributed by atoms with Crippen molar-refractivity contribution < 1.29 is 4.74 Å². The molecule has 0 saturated heterocycles. The Hall–Kier alpha value is -0.680. The summed E-state index contributed by atoms with van der Waals surface area (Å²) in [5, 5.41) is 1.93. The number of H-pyrrole nitrogens is 1. The fraction of sp³-hybridized carbons (Fsp3) is 0.300. The van der Waals surface area contributed by atoms with E-state index in [0.717, 1.165) is 33.0 Å². The maximum Gasteiger partial charge on any atom is 0.166 e. The van der Waals surface area contributed by atoms with Crippen LogP contribution in [0.4, 0.5) is 0 Å². The molecule has 0 aliphatic heterocycles. The lowest BCUT2D eigenvalue weighted by atomic mass is 10.3. The van der Waals surface area contributed by atoms with Crippen molar-refractivity contribution in [3.8, 4) is 5.75 Å². The number of hydrogen-bond acceptors (Lipinski definition) is 3. The first-order chi connectivity index (χ1) is 7.33. The van der Waals surface area contributed by atoms with Crippen LogP contribution in [-0.4, -0.2) is 28.2 Å². The molecule has 0 unspecified atom stereocenters. The maximum absolute atomic E-state index is 5.15. The van der Waals surface area contributed by atoms with Crippen molar-refractivity contribution in [3.63, 3.8) is 0 Å². The molecule has 3 nitrogen and oxygen atoms in total. The van der Waals surface area contributed by atoms with E-state index in [0.29, 0.717) is 0 Å². The van der Waals surface area contributed by atoms with Crippen molar-refractivity contribution >= 4 is 38.7 Å². The molecule has 1 N–H and O–H groups in total. The fourth-order valence-corrected chi connectivity index (χ4v) is 2.40. The second kappa shape index (κ2) is 4.90. The zero-order chi connectivity index (χ0) is 10.7. The highest BCUT2D eigenvalue weighted by molar-refractivity contribution is 9.09. The molecular weight excluding hydrogens is 276 g/mol. The zero-order valence-corrected chi connectivity index (χ0v) is 10.7. The summed E-state index contributed by atoms with van der Waals surface area (Å²) >= 11 is 5.10. The zero-order valence-electron chi connectivity index (χ0n) is 8.29. The fourth-order valence-electron chi connectivity index (χ4n) is 1.30. The normalized spacial score (nSPS) is 10.8. The van der Waals surface area contributed by atoms with Crippen LogP contribution in [-0.2, 0) is 0 Å². The van der Waals surface area contributed by atoms with Crippen LogP contribution in [0.25, 0.3) is 11.0 Å². The van der Waals surface area contributed by atoms with E-state index in [1.54, 1.807) is 18.9 Å². The van der Waals surface area contributed by atoms with Gasteiger partial charge in [0.05, 0.1) is 18.1 Å². The van der Waals surface area contributed by atoms with Gasteiger partial charge in [0.25, 0.3) is 0 Å². The summed E-state index contributed by atoms with van der Waals surface area (Å²) < 4.78 is 5.15. The molecule has 15 heavy (non-hydrogen) atoms. The van der Waals surface area contributed by atoms with Gasteiger partial charge in [0.15, 0.2) is 5.16 Å². The first-order valence-corrected chi connectivity index (χ1v) is 6.66. The summed E-state index contributed by atoms with van der Waals surface area (Å²) in [5.74, 6) is 1.86. The van der Waals surface area contributed by atoms with Gasteiger partial charge in [-0.3, -0.25) is 0 Å². The molecule has 0 radical (unpaired) electrons. The van der Waals surface area contributed by atoms with Crippen LogP contribution in [0.2, 0.25) is 0 Å². The monoisotopic (exact) mass is 286 g/mol. The van der Waals surface area contributed by atoms with E-state index in [1.165, 1.54) is 0 Å². The van der Waals surface area contributed by atoms with E-state index in [2.05, 4.69) is 25.9 Å². The number of benzene rings is 1. The SMILES string of the molecule is COc1ccc2nc(SCCBr)[nH]c2c1. The third-order valence-corrected chi connectivity index (χ3v) is 3.78. The average molecular weight is 287 g/mol. The van der Waals surface area contributed by atoms with Gasteiger partial charge >= 0.3 is 0 Å². The van der Waals surface area contributed by atoms with Crippen molar-refractivity contribution in [1.82, 2.24) is 9.97 Å². The molecule has 1 aromatic heterocycles. The van der Waals surface area contributed by atoms with Crippen molar-refractivity contribution in [2.75, 3.05) is 18.2 Å². The number of aromatic amines is 1. The summed E-state index contributed by atoms with van der Waals surface area (Å²) in [4.78, 5) is 7.71. The third kappa shape index (κ3) is 2.46. The Morgan fingerprint density at radius 2 is 2.40 bits per heavy atom. The number of methoxy groups -OCH3 is 1. The predicted molar refractivity (Wildman–Crippen MR) is 67.2 cm³/mol. The van der Waals surface area contributed by atoms with Gasteiger partial charge in [-0.05, 0) is 12.1 Å². The molecule has 0 atom stereocenters. The highest BCUT2D eigenvalue weighted by atomic mass is 79.9. The second-order valence-corrected chi connectivity index (χ2v) is 4.84. The van der Waals surface area contributed by atoms with E-state index < -0.39 is 0 Å². The molecule has 80 valence electrons. The predicted octanol–water partition coefficient (Wildman–Crippen LogP) is 3.06. The topological polar surface area (TPSA) is 37.9 Å². The van der Waals surface area contributed by atoms with Crippen molar-refractivity contribution in [2.24, 2.45) is 0 Å². The molecule has 0 amide bonds. The molecule has 0 spiro atoms. The van der Waals surface area contributed by atoms with Gasteiger partial charge in [0, 0.05) is 17.1 Å². The molecule has 0 aliphatic carbocycles. The number of hydrogen-bond donors (Lipinski definition) is 1. The van der Waals surface area contributed by atoms with E-state index >= 15 is 0 Å². The van der Waals surface area contributed by atoms with E-state index in [-0.39, 0.29) is 0 Å². The number of fused-ring (bicyclic) bond motifs is 1. The van der Waals surface area contributed by atoms with Gasteiger partial charge in [-0.15, -0.1) is 0 Å². The number of alkyl halides is 1. The smallest absolute Gasteiger partial charge is 0.166 e. The first kappa shape index (κ1) is 10.8. The number of nitrogens with zero attached hydrogens (tertiary/aromatic N) is 1. The quantitative estimate of drug-likeness (QED) is 0.693. The third-order valence-electron chi connectivity index (χ3n) is 1.98. The Morgan fingerprint density at radius 1 is 1.53 bits per heavy atom. The van der Waals surface area contributed by atoms with Crippen LogP contribution < -0.4 is 4.74 Å². The lowest BCUT2D eigenvalue weighted by Crippen LogP contribution is -1.81. The van der Waals surface area contributed by atoms with Crippen molar-refractivity contribution in [3.05, 3.63) is 18.2 Å². The summed E-state index contributed by atoms with van der Waals surface area (Å²) in [6.07, 6.45) is 0. The van der Waals surface area contributed by atoms with E-state index in [1.807, 2.05) is 18.2 Å². The number of halogens is 1. The summed E-state index contributed by atoms with van der Waals surface area (Å²) in [6.45, 7) is 0. The van der Waals surface area contributed by atoms with Crippen LogP contribution in [0, 0.1) is 0 Å². The maximum atomic E-state index is 5.15. The number of imidazole rings is 1. The molecule has 1 aromatic carbocycles. The molecule has 2 rings (SSSR count). The lowest BCUT2D eigenvalue weighted by molar-refractivity contribution is 0.415. The average Bonchev–Trinajstić information content (AvgIpc) is 2.67. The van der Waals surface area contributed by atoms with Crippen molar-refractivity contribution in [1.29, 1.82) is 0 Å². The van der Waals surface area contributed by atoms with E-state index in [9.17, 15) is 0 Å². The number of ether oxygens (including phenoxy) is 1. The minimum atomic E-state index is 0.850. The van der Waals surface area contributed by atoms with Gasteiger partial charge in [0.1, 0.15) is 5.75 Å². The van der Waals surface area contributed by atoms with Crippen LogP contribution in [0.3, 0.4) is 0 Å². The molecule has 0 saturated carbocycles. The second-order valence-electron chi connectivity index (χ2n) is 2.96. The largest absolute Gasteiger partial charge is 0.497 e. The Kier molecular flexibility index (Phi) is 3.53. The number of nitrogens with one attached hydrogen (secondary N) is 1. The Morgan fingerprint density at radius 3 is 3.13 bits per heavy atom. The molecule has 0 fully saturated rings. The van der Waals surface area contributed by atoms with Crippen molar-refractivity contribution in [2.45, 2.75) is 5.16 Å². The number of aromatic nitrogens is 2. The van der Waals surface area contributed by atoms with Crippen LogP contribution in [0.1, 0.15) is 0 Å². The minimum Gasteiger partial charge on any atom is -0.497 e. The first-order valence-electron chi connectivity index (χ1n) is 4.56. The number of rotatable bonds is 4. The Bertz CT molecular complexity index is 458. The highest BCUT2D eigenvalue weighted by Crippen LogP contribution is 2.23. The Labute approximate surface area is 101 Å². The van der Waals surface area contributed by atoms with Crippen LogP contribution in [0.5, 0.6) is 5.75 Å². The standard InChI is InChI=1S/C10H11BrN2OS/c1-14-7-2-3-8-9(6-7)13-10(12-8)15-5-4-11/h2-3,6H,4-5H2,1H3,(H,12,13). The minimum absolute atomic E-state index is 0.850. The number of thioether (sulfide) groups is 1. The molecule has 1 heterocycles. The Balaban J connectivity index is 2.29. The van der Waals surface area contributed by atoms with Gasteiger partial charge in [0.2, 0.25) is 0 Å². The van der Waals surface area contributed by atoms with Crippen LogP contribution in [0.15, 0.2) is 23.4 Å². The van der Waals surface area contributed by atoms with Gasteiger partial charge in [-0.1, -0.05) is 27.7 Å². The molecule has 5 heteroatoms. The van der Waals surface area contributed by atoms with Gasteiger partial charge in [-0.2, -0.15) is 0 Å². The summed E-state index contributed by atoms with van der Waals surface area (Å²) in [5.41, 5.74) is 2.00.